The second-order valence-electron chi connectivity index (χ2n) is 3.61. The van der Waals surface area contributed by atoms with E-state index in [9.17, 15) is 9.59 Å². The minimum atomic E-state index is -0.764. The van der Waals surface area contributed by atoms with E-state index in [4.69, 9.17) is 16.0 Å². The highest BCUT2D eigenvalue weighted by atomic mass is 35.5. The van der Waals surface area contributed by atoms with Gasteiger partial charge in [0.1, 0.15) is 17.2 Å². The molecule has 0 bridgehead atoms. The van der Waals surface area contributed by atoms with Crippen LogP contribution in [0.3, 0.4) is 0 Å². The first-order chi connectivity index (χ1) is 7.90. The second kappa shape index (κ2) is 5.67. The number of nitrogens with one attached hydrogen (secondary N) is 2. The van der Waals surface area contributed by atoms with Crippen molar-refractivity contribution in [1.29, 1.82) is 0 Å². The molecular weight excluding hydrogens is 246 g/mol. The van der Waals surface area contributed by atoms with E-state index in [0.29, 0.717) is 11.7 Å². The molecule has 0 aromatic carbocycles. The largest absolute Gasteiger partial charge is 0.444 e. The molecule has 0 aliphatic heterocycles. The molecule has 0 radical (unpaired) electrons. The summed E-state index contributed by atoms with van der Waals surface area (Å²) in [5, 5.41) is 3.84. The number of carbonyl (C=O) groups is 2. The molecule has 1 aromatic rings. The maximum Gasteiger partial charge on any atom is 0.322 e. The van der Waals surface area contributed by atoms with Gasteiger partial charge in [0.25, 0.3) is 0 Å². The number of hydrogen-bond donors (Lipinski definition) is 2. The van der Waals surface area contributed by atoms with Crippen molar-refractivity contribution in [3.8, 4) is 0 Å². The quantitative estimate of drug-likeness (QED) is 0.806. The molecule has 1 heterocycles. The molecule has 0 fully saturated rings. The molecule has 2 atom stereocenters. The van der Waals surface area contributed by atoms with Gasteiger partial charge in [0.2, 0.25) is 11.8 Å². The van der Waals surface area contributed by atoms with Crippen LogP contribution in [0.1, 0.15) is 31.5 Å². The molecule has 3 amide bonds. The van der Waals surface area contributed by atoms with Gasteiger partial charge in [0.15, 0.2) is 0 Å². The predicted octanol–water partition coefficient (Wildman–Crippen LogP) is 1.50. The van der Waals surface area contributed by atoms with E-state index in [1.807, 2.05) is 0 Å². The Kier molecular flexibility index (Phi) is 4.51. The SMILES string of the molecule is Cc1cnc(C(C)NC(=O)NC(=O)C(C)Cl)o1. The van der Waals surface area contributed by atoms with Gasteiger partial charge in [0.05, 0.1) is 6.20 Å². The van der Waals surface area contributed by atoms with Crippen LogP contribution in [0.15, 0.2) is 10.6 Å². The highest BCUT2D eigenvalue weighted by molar-refractivity contribution is 6.31. The molecule has 2 unspecified atom stereocenters. The number of aromatic nitrogens is 1. The maximum absolute atomic E-state index is 11.4. The molecule has 7 heteroatoms. The van der Waals surface area contributed by atoms with Crippen LogP contribution in [0.25, 0.3) is 0 Å². The lowest BCUT2D eigenvalue weighted by Gasteiger charge is -2.11. The summed E-state index contributed by atoms with van der Waals surface area (Å²) >= 11 is 5.51. The van der Waals surface area contributed by atoms with Gasteiger partial charge in [-0.3, -0.25) is 10.1 Å². The van der Waals surface area contributed by atoms with E-state index < -0.39 is 23.4 Å². The van der Waals surface area contributed by atoms with E-state index >= 15 is 0 Å². The summed E-state index contributed by atoms with van der Waals surface area (Å²) < 4.78 is 5.23. The molecule has 17 heavy (non-hydrogen) atoms. The zero-order chi connectivity index (χ0) is 13.0. The van der Waals surface area contributed by atoms with Crippen LogP contribution in [0.5, 0.6) is 0 Å². The van der Waals surface area contributed by atoms with Crippen molar-refractivity contribution in [2.45, 2.75) is 32.2 Å². The number of amides is 3. The number of aryl methyl sites for hydroxylation is 1. The number of rotatable bonds is 3. The van der Waals surface area contributed by atoms with E-state index in [1.54, 1.807) is 20.0 Å². The van der Waals surface area contributed by atoms with Gasteiger partial charge < -0.3 is 9.73 Å². The van der Waals surface area contributed by atoms with Crippen LogP contribution in [-0.2, 0) is 4.79 Å². The third-order valence-corrected chi connectivity index (χ3v) is 2.15. The van der Waals surface area contributed by atoms with Gasteiger partial charge in [0, 0.05) is 0 Å². The number of halogens is 1. The molecular formula is C10H14ClN3O3. The normalized spacial score (nSPS) is 13.9. The summed E-state index contributed by atoms with van der Waals surface area (Å²) in [6.45, 7) is 4.92. The summed E-state index contributed by atoms with van der Waals surface area (Å²) in [5.41, 5.74) is 0. The van der Waals surface area contributed by atoms with Gasteiger partial charge in [-0.25, -0.2) is 9.78 Å². The first kappa shape index (κ1) is 13.5. The lowest BCUT2D eigenvalue weighted by atomic mass is 10.3. The fourth-order valence-electron chi connectivity index (χ4n) is 1.08. The van der Waals surface area contributed by atoms with Gasteiger partial charge in [-0.1, -0.05) is 0 Å². The third-order valence-electron chi connectivity index (χ3n) is 1.96. The van der Waals surface area contributed by atoms with Crippen LogP contribution in [0.4, 0.5) is 4.79 Å². The lowest BCUT2D eigenvalue weighted by molar-refractivity contribution is -0.119. The Morgan fingerprint density at radius 3 is 2.59 bits per heavy atom. The molecule has 1 rings (SSSR count). The maximum atomic E-state index is 11.4. The van der Waals surface area contributed by atoms with E-state index in [1.165, 1.54) is 6.92 Å². The molecule has 0 aliphatic rings. The van der Waals surface area contributed by atoms with Crippen molar-refractivity contribution in [2.75, 3.05) is 0 Å². The number of imide groups is 1. The molecule has 0 saturated heterocycles. The molecule has 0 aliphatic carbocycles. The monoisotopic (exact) mass is 259 g/mol. The molecule has 0 saturated carbocycles. The second-order valence-corrected chi connectivity index (χ2v) is 4.26. The van der Waals surface area contributed by atoms with Crippen molar-refractivity contribution in [3.63, 3.8) is 0 Å². The predicted molar refractivity (Wildman–Crippen MR) is 61.6 cm³/mol. The molecule has 94 valence electrons. The number of urea groups is 1. The number of hydrogen-bond acceptors (Lipinski definition) is 4. The van der Waals surface area contributed by atoms with Crippen molar-refractivity contribution in [3.05, 3.63) is 17.8 Å². The lowest BCUT2D eigenvalue weighted by Crippen LogP contribution is -2.43. The van der Waals surface area contributed by atoms with Crippen molar-refractivity contribution < 1.29 is 14.0 Å². The van der Waals surface area contributed by atoms with Crippen LogP contribution >= 0.6 is 11.6 Å². The minimum absolute atomic E-state index is 0.379. The Morgan fingerprint density at radius 2 is 2.12 bits per heavy atom. The Bertz CT molecular complexity index is 417. The molecule has 2 N–H and O–H groups in total. The zero-order valence-electron chi connectivity index (χ0n) is 9.78. The van der Waals surface area contributed by atoms with Gasteiger partial charge >= 0.3 is 6.03 Å². The Balaban J connectivity index is 2.49. The summed E-state index contributed by atoms with van der Waals surface area (Å²) in [5.74, 6) is 0.475. The zero-order valence-corrected chi connectivity index (χ0v) is 10.5. The standard InChI is InChI=1S/C10H14ClN3O3/c1-5-4-12-9(17-5)7(3)13-10(16)14-8(15)6(2)11/h4,6-7H,1-3H3,(H2,13,14,15,16). The topological polar surface area (TPSA) is 84.2 Å². The Morgan fingerprint density at radius 1 is 1.47 bits per heavy atom. The van der Waals surface area contributed by atoms with E-state index in [-0.39, 0.29) is 0 Å². The van der Waals surface area contributed by atoms with E-state index in [0.717, 1.165) is 0 Å². The van der Waals surface area contributed by atoms with Crippen LogP contribution in [0, 0.1) is 6.92 Å². The first-order valence-electron chi connectivity index (χ1n) is 5.08. The Labute approximate surface area is 104 Å². The summed E-state index contributed by atoms with van der Waals surface area (Å²) in [6.07, 6.45) is 1.55. The smallest absolute Gasteiger partial charge is 0.322 e. The third kappa shape index (κ3) is 4.07. The average Bonchev–Trinajstić information content (AvgIpc) is 2.64. The summed E-state index contributed by atoms with van der Waals surface area (Å²) in [6, 6.07) is -1.06. The van der Waals surface area contributed by atoms with Gasteiger partial charge in [-0.15, -0.1) is 11.6 Å². The first-order valence-corrected chi connectivity index (χ1v) is 5.51. The fourth-order valence-corrected chi connectivity index (χ4v) is 1.13. The van der Waals surface area contributed by atoms with Crippen LogP contribution in [0.2, 0.25) is 0 Å². The summed E-state index contributed by atoms with van der Waals surface area (Å²) in [4.78, 5) is 26.5. The summed E-state index contributed by atoms with van der Waals surface area (Å²) in [7, 11) is 0. The number of carbonyl (C=O) groups excluding carboxylic acids is 2. The molecule has 1 aromatic heterocycles. The molecule has 0 spiro atoms. The van der Waals surface area contributed by atoms with Crippen molar-refractivity contribution >= 4 is 23.5 Å². The average molecular weight is 260 g/mol. The Hall–Kier alpha value is -1.56. The minimum Gasteiger partial charge on any atom is -0.444 e. The van der Waals surface area contributed by atoms with Crippen molar-refractivity contribution in [1.82, 2.24) is 15.6 Å². The highest BCUT2D eigenvalue weighted by Crippen LogP contribution is 2.11. The fraction of sp³-hybridized carbons (Fsp3) is 0.500. The highest BCUT2D eigenvalue weighted by Gasteiger charge is 2.17. The number of alkyl halides is 1. The van der Waals surface area contributed by atoms with Crippen molar-refractivity contribution in [2.24, 2.45) is 0 Å². The van der Waals surface area contributed by atoms with Gasteiger partial charge in [-0.2, -0.15) is 0 Å². The van der Waals surface area contributed by atoms with Gasteiger partial charge in [-0.05, 0) is 20.8 Å². The number of nitrogens with zero attached hydrogens (tertiary/aromatic N) is 1. The van der Waals surface area contributed by atoms with Crippen LogP contribution < -0.4 is 10.6 Å². The molecule has 6 nitrogen and oxygen atoms in total. The van der Waals surface area contributed by atoms with E-state index in [2.05, 4.69) is 15.6 Å². The van der Waals surface area contributed by atoms with Crippen LogP contribution in [-0.4, -0.2) is 22.3 Å². The number of oxazole rings is 1.